The molecular formula is C13H22N4O4. The summed E-state index contributed by atoms with van der Waals surface area (Å²) in [5, 5.41) is 14.5. The van der Waals surface area contributed by atoms with Crippen molar-refractivity contribution in [2.45, 2.75) is 12.8 Å². The number of aliphatic carboxylic acids is 1. The van der Waals surface area contributed by atoms with Gasteiger partial charge in [-0.1, -0.05) is 0 Å². The van der Waals surface area contributed by atoms with Gasteiger partial charge in [0, 0.05) is 45.7 Å². The third-order valence-electron chi connectivity index (χ3n) is 3.90. The first kappa shape index (κ1) is 15.6. The van der Waals surface area contributed by atoms with Gasteiger partial charge in [-0.25, -0.2) is 4.79 Å². The third-order valence-corrected chi connectivity index (χ3v) is 3.90. The molecule has 3 N–H and O–H groups in total. The molecule has 1 unspecified atom stereocenters. The molecule has 118 valence electrons. The van der Waals surface area contributed by atoms with Crippen LogP contribution in [0.1, 0.15) is 12.8 Å². The van der Waals surface area contributed by atoms with Crippen LogP contribution in [0.25, 0.3) is 0 Å². The van der Waals surface area contributed by atoms with Crippen molar-refractivity contribution in [2.75, 3.05) is 45.8 Å². The van der Waals surface area contributed by atoms with E-state index in [0.29, 0.717) is 32.6 Å². The monoisotopic (exact) mass is 298 g/mol. The average molecular weight is 298 g/mol. The number of carbonyl (C=O) groups excluding carboxylic acids is 2. The molecule has 2 fully saturated rings. The van der Waals surface area contributed by atoms with E-state index in [1.54, 1.807) is 9.80 Å². The summed E-state index contributed by atoms with van der Waals surface area (Å²) in [5.41, 5.74) is 0. The lowest BCUT2D eigenvalue weighted by atomic mass is 10.1. The minimum Gasteiger partial charge on any atom is -0.481 e. The summed E-state index contributed by atoms with van der Waals surface area (Å²) >= 11 is 0. The van der Waals surface area contributed by atoms with Gasteiger partial charge in [-0.3, -0.25) is 9.59 Å². The van der Waals surface area contributed by atoms with Crippen molar-refractivity contribution in [1.29, 1.82) is 0 Å². The maximum atomic E-state index is 11.9. The van der Waals surface area contributed by atoms with E-state index in [4.69, 9.17) is 5.11 Å². The number of carbonyl (C=O) groups is 3. The van der Waals surface area contributed by atoms with E-state index in [1.165, 1.54) is 0 Å². The Morgan fingerprint density at radius 1 is 1.14 bits per heavy atom. The number of likely N-dealkylation sites (tertiary alicyclic amines) is 1. The molecule has 1 atom stereocenters. The fourth-order valence-electron chi connectivity index (χ4n) is 2.72. The van der Waals surface area contributed by atoms with Crippen molar-refractivity contribution in [3.63, 3.8) is 0 Å². The number of amides is 3. The largest absolute Gasteiger partial charge is 0.481 e. The Balaban J connectivity index is 1.70. The first-order valence-corrected chi connectivity index (χ1v) is 7.29. The van der Waals surface area contributed by atoms with Crippen molar-refractivity contribution in [1.82, 2.24) is 20.4 Å². The van der Waals surface area contributed by atoms with Crippen LogP contribution in [0.2, 0.25) is 0 Å². The van der Waals surface area contributed by atoms with Gasteiger partial charge in [0.05, 0.1) is 6.54 Å². The van der Waals surface area contributed by atoms with Crippen LogP contribution in [0.15, 0.2) is 0 Å². The van der Waals surface area contributed by atoms with E-state index < -0.39 is 5.97 Å². The molecule has 0 aromatic carbocycles. The smallest absolute Gasteiger partial charge is 0.317 e. The number of nitrogens with zero attached hydrogens (tertiary/aromatic N) is 2. The van der Waals surface area contributed by atoms with Crippen LogP contribution in [0, 0.1) is 5.92 Å². The van der Waals surface area contributed by atoms with Crippen LogP contribution in [0.3, 0.4) is 0 Å². The molecule has 2 aliphatic heterocycles. The zero-order valence-corrected chi connectivity index (χ0v) is 12.0. The second-order valence-corrected chi connectivity index (χ2v) is 5.49. The Kier molecular flexibility index (Phi) is 5.38. The highest BCUT2D eigenvalue weighted by atomic mass is 16.4. The highest BCUT2D eigenvalue weighted by Crippen LogP contribution is 2.19. The fraction of sp³-hybridized carbons (Fsp3) is 0.769. The Hall–Kier alpha value is -1.83. The number of rotatable bonds is 4. The number of urea groups is 1. The standard InChI is InChI=1S/C13H22N4O4/c18-11(16-5-2-14-3-6-16)8-15-13(21)17-4-1-10(9-17)7-12(19)20/h10,14H,1-9H2,(H,15,21)(H,19,20). The first-order valence-electron chi connectivity index (χ1n) is 7.29. The van der Waals surface area contributed by atoms with Crippen molar-refractivity contribution >= 4 is 17.9 Å². The number of carboxylic acid groups (broad SMARTS) is 1. The second kappa shape index (κ2) is 7.26. The molecular weight excluding hydrogens is 276 g/mol. The second-order valence-electron chi connectivity index (χ2n) is 5.49. The SMILES string of the molecule is O=C(O)CC1CCN(C(=O)NCC(=O)N2CCNCC2)C1. The third kappa shape index (κ3) is 4.59. The van der Waals surface area contributed by atoms with Crippen molar-refractivity contribution in [3.05, 3.63) is 0 Å². The molecule has 2 heterocycles. The lowest BCUT2D eigenvalue weighted by Gasteiger charge is -2.27. The van der Waals surface area contributed by atoms with Crippen molar-refractivity contribution in [3.8, 4) is 0 Å². The first-order chi connectivity index (χ1) is 10.1. The summed E-state index contributed by atoms with van der Waals surface area (Å²) in [6, 6.07) is -0.286. The average Bonchev–Trinajstić information content (AvgIpc) is 2.93. The molecule has 2 saturated heterocycles. The van der Waals surface area contributed by atoms with Gasteiger partial charge < -0.3 is 25.5 Å². The summed E-state index contributed by atoms with van der Waals surface area (Å²) in [6.07, 6.45) is 0.787. The highest BCUT2D eigenvalue weighted by molar-refractivity contribution is 5.84. The van der Waals surface area contributed by atoms with Crippen LogP contribution in [0.4, 0.5) is 4.79 Å². The van der Waals surface area contributed by atoms with Gasteiger partial charge in [-0.15, -0.1) is 0 Å². The Morgan fingerprint density at radius 2 is 1.86 bits per heavy atom. The molecule has 0 aromatic heterocycles. The minimum atomic E-state index is -0.837. The Labute approximate surface area is 123 Å². The maximum Gasteiger partial charge on any atom is 0.317 e. The Morgan fingerprint density at radius 3 is 2.52 bits per heavy atom. The predicted octanol–water partition coefficient (Wildman–Crippen LogP) is -1.08. The number of nitrogens with one attached hydrogen (secondary N) is 2. The molecule has 0 spiro atoms. The molecule has 0 saturated carbocycles. The van der Waals surface area contributed by atoms with Crippen LogP contribution in [-0.4, -0.2) is 78.6 Å². The van der Waals surface area contributed by atoms with Gasteiger partial charge in [0.1, 0.15) is 0 Å². The fourth-order valence-corrected chi connectivity index (χ4v) is 2.72. The van der Waals surface area contributed by atoms with E-state index in [0.717, 1.165) is 13.1 Å². The molecule has 0 radical (unpaired) electrons. The van der Waals surface area contributed by atoms with Crippen LogP contribution in [-0.2, 0) is 9.59 Å². The Bertz CT molecular complexity index is 409. The summed E-state index contributed by atoms with van der Waals surface area (Å²) in [6.45, 7) is 3.88. The quantitative estimate of drug-likeness (QED) is 0.613. The lowest BCUT2D eigenvalue weighted by molar-refractivity contribution is -0.138. The summed E-state index contributed by atoms with van der Waals surface area (Å²) in [5.74, 6) is -0.903. The number of hydrogen-bond donors (Lipinski definition) is 3. The van der Waals surface area contributed by atoms with E-state index in [-0.39, 0.29) is 30.8 Å². The molecule has 21 heavy (non-hydrogen) atoms. The minimum absolute atomic E-state index is 0.00106. The number of carboxylic acids is 1. The summed E-state index contributed by atoms with van der Waals surface area (Å²) < 4.78 is 0. The molecule has 0 aromatic rings. The number of hydrogen-bond acceptors (Lipinski definition) is 4. The molecule has 3 amide bonds. The van der Waals surface area contributed by atoms with Gasteiger partial charge >= 0.3 is 12.0 Å². The van der Waals surface area contributed by atoms with Gasteiger partial charge in [0.2, 0.25) is 5.91 Å². The summed E-state index contributed by atoms with van der Waals surface area (Å²) in [4.78, 5) is 37.8. The molecule has 0 aliphatic carbocycles. The summed E-state index contributed by atoms with van der Waals surface area (Å²) in [7, 11) is 0. The van der Waals surface area contributed by atoms with E-state index in [1.807, 2.05) is 0 Å². The van der Waals surface area contributed by atoms with Crippen LogP contribution in [0.5, 0.6) is 0 Å². The normalized spacial score (nSPS) is 22.2. The topological polar surface area (TPSA) is 102 Å². The predicted molar refractivity (Wildman–Crippen MR) is 74.8 cm³/mol. The van der Waals surface area contributed by atoms with Crippen LogP contribution >= 0.6 is 0 Å². The zero-order chi connectivity index (χ0) is 15.2. The van der Waals surface area contributed by atoms with Gasteiger partial charge in [0.15, 0.2) is 0 Å². The van der Waals surface area contributed by atoms with Gasteiger partial charge in [0.25, 0.3) is 0 Å². The highest BCUT2D eigenvalue weighted by Gasteiger charge is 2.28. The molecule has 0 bridgehead atoms. The van der Waals surface area contributed by atoms with E-state index in [2.05, 4.69) is 10.6 Å². The maximum absolute atomic E-state index is 11.9. The molecule has 8 heteroatoms. The van der Waals surface area contributed by atoms with Gasteiger partial charge in [-0.2, -0.15) is 0 Å². The van der Waals surface area contributed by atoms with Crippen molar-refractivity contribution in [2.24, 2.45) is 5.92 Å². The molecule has 2 aliphatic rings. The lowest BCUT2D eigenvalue weighted by Crippen LogP contribution is -2.50. The van der Waals surface area contributed by atoms with Crippen LogP contribution < -0.4 is 10.6 Å². The van der Waals surface area contributed by atoms with E-state index >= 15 is 0 Å². The van der Waals surface area contributed by atoms with E-state index in [9.17, 15) is 14.4 Å². The molecule has 8 nitrogen and oxygen atoms in total. The zero-order valence-electron chi connectivity index (χ0n) is 12.0. The molecule has 2 rings (SSSR count). The van der Waals surface area contributed by atoms with Gasteiger partial charge in [-0.05, 0) is 12.3 Å². The number of piperazine rings is 1. The van der Waals surface area contributed by atoms with Crippen molar-refractivity contribution < 1.29 is 19.5 Å².